The molecular formula is C16H22F6N2O. The normalized spacial score (nSPS) is 15.6. The van der Waals surface area contributed by atoms with Crippen LogP contribution in [0.15, 0.2) is 40.1 Å². The highest BCUT2D eigenvalue weighted by molar-refractivity contribution is 5.95. The van der Waals surface area contributed by atoms with Crippen molar-refractivity contribution in [2.24, 2.45) is 10.9 Å². The van der Waals surface area contributed by atoms with E-state index in [4.69, 9.17) is 10.6 Å². The largest absolute Gasteiger partial charge is 0.416 e. The van der Waals surface area contributed by atoms with Crippen LogP contribution in [0.4, 0.5) is 26.3 Å². The van der Waals surface area contributed by atoms with Crippen molar-refractivity contribution in [3.63, 3.8) is 0 Å². The van der Waals surface area contributed by atoms with Gasteiger partial charge < -0.3 is 10.6 Å². The Labute approximate surface area is 142 Å². The Kier molecular flexibility index (Phi) is 9.37. The molecule has 0 fully saturated rings. The average molecular weight is 372 g/mol. The van der Waals surface area contributed by atoms with Crippen molar-refractivity contribution in [2.75, 3.05) is 6.61 Å². The quantitative estimate of drug-likeness (QED) is 0.204. The van der Waals surface area contributed by atoms with E-state index in [-0.39, 0.29) is 30.5 Å². The smallest absolute Gasteiger partial charge is 0.390 e. The van der Waals surface area contributed by atoms with Gasteiger partial charge in [0.2, 0.25) is 0 Å². The number of halogens is 6. The molecule has 9 heteroatoms. The molecule has 0 aliphatic heterocycles. The summed E-state index contributed by atoms with van der Waals surface area (Å²) in [6.07, 6.45) is -7.85. The number of oxime groups is 1. The molecule has 0 aromatic carbocycles. The van der Waals surface area contributed by atoms with Crippen molar-refractivity contribution in [2.45, 2.75) is 52.4 Å². The van der Waals surface area contributed by atoms with Crippen LogP contribution in [-0.4, -0.2) is 24.8 Å². The fraction of sp³-hybridized carbons (Fsp3) is 0.562. The molecule has 0 amide bonds. The lowest BCUT2D eigenvalue weighted by molar-refractivity contribution is -0.126. The maximum absolute atomic E-state index is 12.9. The second kappa shape index (κ2) is 10.1. The molecule has 0 atom stereocenters. The molecule has 0 aliphatic rings. The first-order valence-corrected chi connectivity index (χ1v) is 7.56. The van der Waals surface area contributed by atoms with Gasteiger partial charge in [0.25, 0.3) is 0 Å². The molecule has 0 saturated heterocycles. The van der Waals surface area contributed by atoms with E-state index in [1.807, 2.05) is 6.92 Å². The first kappa shape index (κ1) is 23.1. The number of allylic oxidation sites excluding steroid dienone is 4. The van der Waals surface area contributed by atoms with Gasteiger partial charge in [-0.05, 0) is 37.0 Å². The maximum Gasteiger partial charge on any atom is 0.416 e. The van der Waals surface area contributed by atoms with E-state index < -0.39 is 24.3 Å². The topological polar surface area (TPSA) is 47.6 Å². The van der Waals surface area contributed by atoms with Crippen molar-refractivity contribution < 1.29 is 31.2 Å². The van der Waals surface area contributed by atoms with Crippen LogP contribution in [0.1, 0.15) is 40.0 Å². The van der Waals surface area contributed by atoms with E-state index in [1.54, 1.807) is 19.9 Å². The molecule has 0 aliphatic carbocycles. The number of alkyl halides is 6. The van der Waals surface area contributed by atoms with Gasteiger partial charge in [-0.15, -0.1) is 0 Å². The Hall–Kier alpha value is -1.93. The monoisotopic (exact) mass is 372 g/mol. The van der Waals surface area contributed by atoms with Crippen molar-refractivity contribution in [1.82, 2.24) is 0 Å². The number of amidine groups is 1. The molecule has 144 valence electrons. The van der Waals surface area contributed by atoms with E-state index >= 15 is 0 Å². The summed E-state index contributed by atoms with van der Waals surface area (Å²) in [4.78, 5) is 4.91. The predicted molar refractivity (Wildman–Crippen MR) is 84.8 cm³/mol. The predicted octanol–water partition coefficient (Wildman–Crippen LogP) is 5.41. The lowest BCUT2D eigenvalue weighted by atomic mass is 10.1. The first-order valence-electron chi connectivity index (χ1n) is 7.56. The molecule has 0 rings (SSSR count). The average Bonchev–Trinajstić information content (AvgIpc) is 2.47. The Morgan fingerprint density at radius 1 is 1.08 bits per heavy atom. The van der Waals surface area contributed by atoms with Crippen LogP contribution in [0, 0.1) is 0 Å². The zero-order valence-corrected chi connectivity index (χ0v) is 14.3. The molecular weight excluding hydrogens is 350 g/mol. The van der Waals surface area contributed by atoms with E-state index in [9.17, 15) is 26.3 Å². The lowest BCUT2D eigenvalue weighted by Crippen LogP contribution is -2.15. The van der Waals surface area contributed by atoms with Gasteiger partial charge >= 0.3 is 12.4 Å². The molecule has 0 saturated carbocycles. The molecule has 0 heterocycles. The van der Waals surface area contributed by atoms with Gasteiger partial charge in [0, 0.05) is 0 Å². The summed E-state index contributed by atoms with van der Waals surface area (Å²) in [5.74, 6) is 0.0842. The molecule has 2 N–H and O–H groups in total. The van der Waals surface area contributed by atoms with Crippen LogP contribution >= 0.6 is 0 Å². The van der Waals surface area contributed by atoms with Gasteiger partial charge in [-0.25, -0.2) is 0 Å². The Morgan fingerprint density at radius 3 is 2.12 bits per heavy atom. The molecule has 0 radical (unpaired) electrons. The van der Waals surface area contributed by atoms with E-state index in [0.717, 1.165) is 6.42 Å². The third kappa shape index (κ3) is 10.5. The zero-order valence-electron chi connectivity index (χ0n) is 14.3. The third-order valence-electron chi connectivity index (χ3n) is 3.02. The summed E-state index contributed by atoms with van der Waals surface area (Å²) >= 11 is 0. The third-order valence-corrected chi connectivity index (χ3v) is 3.02. The minimum Gasteiger partial charge on any atom is -0.390 e. The summed E-state index contributed by atoms with van der Waals surface area (Å²) < 4.78 is 75.0. The summed E-state index contributed by atoms with van der Waals surface area (Å²) in [7, 11) is 0. The van der Waals surface area contributed by atoms with Crippen molar-refractivity contribution in [3.8, 4) is 0 Å². The standard InChI is InChI=1S/C16H22F6N2O/c1-4-6-11(3)14(23)24-25-10-12(5-2)9-13(16(20,21)22)7-8-15(17,18)19/h6-7,9H,4-5,8,10H2,1-3H3,(H2,23,24)/b11-6+,12-9+,13-7+. The van der Waals surface area contributed by atoms with Crippen LogP contribution < -0.4 is 5.73 Å². The van der Waals surface area contributed by atoms with Crippen molar-refractivity contribution in [1.29, 1.82) is 0 Å². The Balaban J connectivity index is 5.20. The van der Waals surface area contributed by atoms with E-state index in [0.29, 0.717) is 11.6 Å². The highest BCUT2D eigenvalue weighted by Crippen LogP contribution is 2.31. The molecule has 0 bridgehead atoms. The molecule has 0 aromatic rings. The summed E-state index contributed by atoms with van der Waals surface area (Å²) in [6.45, 7) is 4.84. The van der Waals surface area contributed by atoms with E-state index in [2.05, 4.69) is 5.16 Å². The van der Waals surface area contributed by atoms with Crippen LogP contribution in [0.25, 0.3) is 0 Å². The van der Waals surface area contributed by atoms with Gasteiger partial charge in [0.1, 0.15) is 6.61 Å². The fourth-order valence-corrected chi connectivity index (χ4v) is 1.62. The molecule has 3 nitrogen and oxygen atoms in total. The summed E-state index contributed by atoms with van der Waals surface area (Å²) in [6, 6.07) is 0. The molecule has 25 heavy (non-hydrogen) atoms. The first-order chi connectivity index (χ1) is 11.4. The highest BCUT2D eigenvalue weighted by atomic mass is 19.4. The number of nitrogens with zero attached hydrogens (tertiary/aromatic N) is 1. The van der Waals surface area contributed by atoms with Gasteiger partial charge in [-0.3, -0.25) is 0 Å². The highest BCUT2D eigenvalue weighted by Gasteiger charge is 2.34. The number of rotatable bonds is 8. The minimum atomic E-state index is -4.89. The van der Waals surface area contributed by atoms with E-state index in [1.165, 1.54) is 0 Å². The fourth-order valence-electron chi connectivity index (χ4n) is 1.62. The van der Waals surface area contributed by atoms with Crippen LogP contribution in [0.2, 0.25) is 0 Å². The number of hydrogen-bond donors (Lipinski definition) is 1. The van der Waals surface area contributed by atoms with Crippen LogP contribution in [-0.2, 0) is 4.84 Å². The van der Waals surface area contributed by atoms with Crippen LogP contribution in [0.5, 0.6) is 0 Å². The summed E-state index contributed by atoms with van der Waals surface area (Å²) in [5, 5.41) is 3.59. The maximum atomic E-state index is 12.9. The van der Waals surface area contributed by atoms with Gasteiger partial charge in [-0.1, -0.05) is 31.2 Å². The number of nitrogens with two attached hydrogens (primary N) is 1. The lowest BCUT2D eigenvalue weighted by Gasteiger charge is -2.12. The van der Waals surface area contributed by atoms with Gasteiger partial charge in [0.05, 0.1) is 12.0 Å². The second-order valence-corrected chi connectivity index (χ2v) is 5.18. The SMILES string of the molecule is CC/C=C(C)/C(N)=N\OC/C(=C/C(=C\CC(F)(F)F)C(F)(F)F)CC. The van der Waals surface area contributed by atoms with Gasteiger partial charge in [0.15, 0.2) is 5.84 Å². The Bertz CT molecular complexity index is 542. The molecule has 0 aromatic heterocycles. The molecule has 0 unspecified atom stereocenters. The van der Waals surface area contributed by atoms with Gasteiger partial charge in [-0.2, -0.15) is 26.3 Å². The Morgan fingerprint density at radius 2 is 1.68 bits per heavy atom. The van der Waals surface area contributed by atoms with Crippen molar-refractivity contribution in [3.05, 3.63) is 34.9 Å². The zero-order chi connectivity index (χ0) is 19.7. The molecule has 0 spiro atoms. The van der Waals surface area contributed by atoms with Crippen molar-refractivity contribution >= 4 is 5.84 Å². The second-order valence-electron chi connectivity index (χ2n) is 5.18. The number of hydrogen-bond acceptors (Lipinski definition) is 2. The van der Waals surface area contributed by atoms with Crippen LogP contribution in [0.3, 0.4) is 0 Å². The summed E-state index contributed by atoms with van der Waals surface area (Å²) in [5.41, 5.74) is 5.04. The minimum absolute atomic E-state index is 0.0842.